The summed E-state index contributed by atoms with van der Waals surface area (Å²) >= 11 is 0. The molecule has 6 nitrogen and oxygen atoms in total. The van der Waals surface area contributed by atoms with Crippen molar-refractivity contribution >= 4 is 16.9 Å². The number of nitrogens with zero attached hydrogens (tertiary/aromatic N) is 2. The number of H-pyrrole nitrogens is 1. The lowest BCUT2D eigenvalue weighted by molar-refractivity contribution is 0.0928. The highest BCUT2D eigenvalue weighted by molar-refractivity contribution is 5.97. The number of imidazole rings is 1. The minimum absolute atomic E-state index is 0.0458. The molecule has 1 heterocycles. The second kappa shape index (κ2) is 8.54. The van der Waals surface area contributed by atoms with Gasteiger partial charge in [0.25, 0.3) is 5.91 Å². The van der Waals surface area contributed by atoms with Crippen molar-refractivity contribution in [3.8, 4) is 0 Å². The minimum atomic E-state index is -0.114. The fourth-order valence-corrected chi connectivity index (χ4v) is 3.82. The van der Waals surface area contributed by atoms with Crippen LogP contribution in [0.4, 0.5) is 0 Å². The number of likely N-dealkylation sites (N-methyl/N-ethyl adjacent to an activating group) is 1. The molecule has 1 saturated carbocycles. The zero-order valence-corrected chi connectivity index (χ0v) is 15.9. The normalized spacial score (nSPS) is 15.7. The van der Waals surface area contributed by atoms with E-state index in [1.54, 1.807) is 10.6 Å². The molecule has 142 valence electrons. The molecule has 0 unspecified atom stereocenters. The first-order valence-corrected chi connectivity index (χ1v) is 9.88. The lowest BCUT2D eigenvalue weighted by atomic mass is 9.95. The minimum Gasteiger partial charge on any atom is -0.349 e. The molecule has 0 saturated heterocycles. The van der Waals surface area contributed by atoms with Gasteiger partial charge in [0, 0.05) is 24.7 Å². The molecule has 0 bridgehead atoms. The summed E-state index contributed by atoms with van der Waals surface area (Å²) in [5.74, 6) is -0.0458. The van der Waals surface area contributed by atoms with Crippen molar-refractivity contribution in [1.29, 1.82) is 0 Å². The third-order valence-electron chi connectivity index (χ3n) is 5.51. The predicted molar refractivity (Wildman–Crippen MR) is 105 cm³/mol. The number of carbonyl (C=O) groups is 1. The van der Waals surface area contributed by atoms with Gasteiger partial charge in [0.15, 0.2) is 0 Å². The molecule has 0 spiro atoms. The average molecular weight is 358 g/mol. The maximum absolute atomic E-state index is 12.5. The van der Waals surface area contributed by atoms with Crippen LogP contribution in [-0.4, -0.2) is 46.0 Å². The van der Waals surface area contributed by atoms with E-state index in [0.29, 0.717) is 12.1 Å². The third kappa shape index (κ3) is 4.18. The van der Waals surface area contributed by atoms with E-state index in [9.17, 15) is 9.59 Å². The molecule has 1 fully saturated rings. The first-order valence-electron chi connectivity index (χ1n) is 9.88. The Kier molecular flexibility index (Phi) is 6.14. The number of hydrogen-bond acceptors (Lipinski definition) is 3. The van der Waals surface area contributed by atoms with E-state index in [1.165, 1.54) is 19.3 Å². The standard InChI is InChI=1S/C20H30N4O2/c1-3-23(4-2)12-13-24-18-11-10-15(14-17(18)22-20(24)26)19(25)21-16-8-6-5-7-9-16/h10-11,14,16H,3-9,12-13H2,1-2H3,(H,21,25)(H,22,26). The van der Waals surface area contributed by atoms with Crippen LogP contribution in [0.1, 0.15) is 56.3 Å². The van der Waals surface area contributed by atoms with Gasteiger partial charge in [-0.1, -0.05) is 33.1 Å². The van der Waals surface area contributed by atoms with Crippen LogP contribution < -0.4 is 11.0 Å². The van der Waals surface area contributed by atoms with Gasteiger partial charge in [-0.05, 0) is 44.1 Å². The molecule has 2 N–H and O–H groups in total. The maximum atomic E-state index is 12.5. The molecule has 1 aromatic carbocycles. The second-order valence-corrected chi connectivity index (χ2v) is 7.15. The van der Waals surface area contributed by atoms with Gasteiger partial charge in [-0.2, -0.15) is 0 Å². The Morgan fingerprint density at radius 2 is 1.96 bits per heavy atom. The van der Waals surface area contributed by atoms with E-state index in [0.717, 1.165) is 43.5 Å². The fourth-order valence-electron chi connectivity index (χ4n) is 3.82. The van der Waals surface area contributed by atoms with Crippen LogP contribution in [-0.2, 0) is 6.54 Å². The molecule has 26 heavy (non-hydrogen) atoms. The molecule has 0 aliphatic heterocycles. The van der Waals surface area contributed by atoms with Crippen molar-refractivity contribution in [2.45, 2.75) is 58.5 Å². The largest absolute Gasteiger partial charge is 0.349 e. The second-order valence-electron chi connectivity index (χ2n) is 7.15. The smallest absolute Gasteiger partial charge is 0.326 e. The van der Waals surface area contributed by atoms with E-state index in [1.807, 2.05) is 12.1 Å². The molecule has 3 rings (SSSR count). The average Bonchev–Trinajstić information content (AvgIpc) is 2.98. The van der Waals surface area contributed by atoms with Crippen LogP contribution >= 0.6 is 0 Å². The number of aromatic amines is 1. The number of rotatable bonds is 7. The highest BCUT2D eigenvalue weighted by Crippen LogP contribution is 2.19. The van der Waals surface area contributed by atoms with Crippen LogP contribution in [0.5, 0.6) is 0 Å². The van der Waals surface area contributed by atoms with Crippen molar-refractivity contribution < 1.29 is 4.79 Å². The predicted octanol–water partition coefficient (Wildman–Crippen LogP) is 2.73. The molecule has 0 atom stereocenters. The van der Waals surface area contributed by atoms with E-state index in [2.05, 4.69) is 29.0 Å². The number of aromatic nitrogens is 2. The number of carbonyl (C=O) groups excluding carboxylic acids is 1. The molecule has 2 aromatic rings. The highest BCUT2D eigenvalue weighted by atomic mass is 16.2. The van der Waals surface area contributed by atoms with Gasteiger partial charge in [0.1, 0.15) is 0 Å². The molecule has 1 amide bonds. The Morgan fingerprint density at radius 3 is 2.65 bits per heavy atom. The van der Waals surface area contributed by atoms with E-state index >= 15 is 0 Å². The monoisotopic (exact) mass is 358 g/mol. The molecule has 0 radical (unpaired) electrons. The quantitative estimate of drug-likeness (QED) is 0.799. The third-order valence-corrected chi connectivity index (χ3v) is 5.51. The summed E-state index contributed by atoms with van der Waals surface area (Å²) in [6.45, 7) is 7.67. The number of nitrogens with one attached hydrogen (secondary N) is 2. The fraction of sp³-hybridized carbons (Fsp3) is 0.600. The Hall–Kier alpha value is -2.08. The number of amides is 1. The Labute approximate surface area is 154 Å². The Bertz CT molecular complexity index is 798. The number of benzene rings is 1. The summed E-state index contributed by atoms with van der Waals surface area (Å²) in [5, 5.41) is 3.13. The van der Waals surface area contributed by atoms with Gasteiger partial charge in [0.2, 0.25) is 0 Å². The molecule has 1 aliphatic rings. The van der Waals surface area contributed by atoms with Crippen LogP contribution in [0.3, 0.4) is 0 Å². The van der Waals surface area contributed by atoms with E-state index in [4.69, 9.17) is 0 Å². The summed E-state index contributed by atoms with van der Waals surface area (Å²) < 4.78 is 1.76. The maximum Gasteiger partial charge on any atom is 0.326 e. The van der Waals surface area contributed by atoms with E-state index in [-0.39, 0.29) is 17.6 Å². The lowest BCUT2D eigenvalue weighted by Gasteiger charge is -2.22. The summed E-state index contributed by atoms with van der Waals surface area (Å²) in [7, 11) is 0. The SMILES string of the molecule is CCN(CC)CCn1c(=O)[nH]c2cc(C(=O)NC3CCCCC3)ccc21. The molecular weight excluding hydrogens is 328 g/mol. The summed E-state index contributed by atoms with van der Waals surface area (Å²) in [5.41, 5.74) is 2.08. The zero-order valence-electron chi connectivity index (χ0n) is 15.9. The Morgan fingerprint density at radius 1 is 1.23 bits per heavy atom. The van der Waals surface area contributed by atoms with Crippen molar-refractivity contribution in [3.05, 3.63) is 34.2 Å². The van der Waals surface area contributed by atoms with Gasteiger partial charge >= 0.3 is 5.69 Å². The van der Waals surface area contributed by atoms with Gasteiger partial charge in [0.05, 0.1) is 11.0 Å². The van der Waals surface area contributed by atoms with Gasteiger partial charge in [-0.25, -0.2) is 4.79 Å². The molecule has 6 heteroatoms. The lowest BCUT2D eigenvalue weighted by Crippen LogP contribution is -2.36. The van der Waals surface area contributed by atoms with Crippen LogP contribution in [0.25, 0.3) is 11.0 Å². The van der Waals surface area contributed by atoms with E-state index < -0.39 is 0 Å². The van der Waals surface area contributed by atoms with Crippen molar-refractivity contribution in [1.82, 2.24) is 19.8 Å². The Balaban J connectivity index is 1.74. The first kappa shape index (κ1) is 18.7. The molecule has 1 aliphatic carbocycles. The summed E-state index contributed by atoms with van der Waals surface area (Å²) in [4.78, 5) is 30.0. The van der Waals surface area contributed by atoms with Crippen molar-refractivity contribution in [2.75, 3.05) is 19.6 Å². The summed E-state index contributed by atoms with van der Waals surface area (Å²) in [6.07, 6.45) is 5.76. The number of hydrogen-bond donors (Lipinski definition) is 2. The van der Waals surface area contributed by atoms with Crippen LogP contribution in [0.2, 0.25) is 0 Å². The number of fused-ring (bicyclic) bond motifs is 1. The van der Waals surface area contributed by atoms with Gasteiger partial charge in [-0.15, -0.1) is 0 Å². The van der Waals surface area contributed by atoms with Gasteiger partial charge < -0.3 is 15.2 Å². The van der Waals surface area contributed by atoms with Crippen molar-refractivity contribution in [2.24, 2.45) is 0 Å². The van der Waals surface area contributed by atoms with Crippen LogP contribution in [0.15, 0.2) is 23.0 Å². The summed E-state index contributed by atoms with van der Waals surface area (Å²) in [6, 6.07) is 5.78. The highest BCUT2D eigenvalue weighted by Gasteiger charge is 2.17. The molecule has 1 aromatic heterocycles. The van der Waals surface area contributed by atoms with Gasteiger partial charge in [-0.3, -0.25) is 9.36 Å². The van der Waals surface area contributed by atoms with Crippen LogP contribution in [0, 0.1) is 0 Å². The topological polar surface area (TPSA) is 70.1 Å². The van der Waals surface area contributed by atoms with Crippen molar-refractivity contribution in [3.63, 3.8) is 0 Å². The first-order chi connectivity index (χ1) is 12.6. The zero-order chi connectivity index (χ0) is 18.5. The molecular formula is C20H30N4O2.